The largest absolute Gasteiger partial charge is 0.396 e. The first kappa shape index (κ1) is 20.3. The Morgan fingerprint density at radius 3 is 2.56 bits per heavy atom. The Hall–Kier alpha value is -1.43. The van der Waals surface area contributed by atoms with Gasteiger partial charge < -0.3 is 14.9 Å². The van der Waals surface area contributed by atoms with Crippen LogP contribution in [-0.2, 0) is 11.2 Å². The fraction of sp³-hybridized carbons (Fsp3) is 0.682. The molecule has 5 heteroatoms. The number of likely N-dealkylation sites (N-methyl/N-ethyl adjacent to an activating group) is 1. The third-order valence-electron chi connectivity index (χ3n) is 6.26. The molecule has 2 atom stereocenters. The molecule has 2 heterocycles. The summed E-state index contributed by atoms with van der Waals surface area (Å²) in [5.41, 5.74) is 1.23. The summed E-state index contributed by atoms with van der Waals surface area (Å²) in [4.78, 5) is 19.9. The lowest BCUT2D eigenvalue weighted by atomic mass is 9.86. The van der Waals surface area contributed by atoms with Crippen molar-refractivity contribution in [2.45, 2.75) is 38.1 Å². The molecule has 0 radical (unpaired) electrons. The molecule has 0 unspecified atom stereocenters. The van der Waals surface area contributed by atoms with Crippen LogP contribution in [0.5, 0.6) is 0 Å². The van der Waals surface area contributed by atoms with Gasteiger partial charge in [-0.15, -0.1) is 0 Å². The van der Waals surface area contributed by atoms with Gasteiger partial charge in [-0.1, -0.05) is 30.3 Å². The molecule has 5 nitrogen and oxygen atoms in total. The van der Waals surface area contributed by atoms with Crippen LogP contribution in [0.25, 0.3) is 0 Å². The SMILES string of the molecule is CN1CCN([C@@H]2CCN(C(=O)CCc3ccccc3)C[C@@H]2CCCO)CC1. The van der Waals surface area contributed by atoms with Crippen LogP contribution in [0.4, 0.5) is 0 Å². The third-order valence-corrected chi connectivity index (χ3v) is 6.26. The van der Waals surface area contributed by atoms with E-state index in [9.17, 15) is 9.90 Å². The summed E-state index contributed by atoms with van der Waals surface area (Å²) >= 11 is 0. The lowest BCUT2D eigenvalue weighted by Gasteiger charge is -2.46. The second-order valence-electron chi connectivity index (χ2n) is 8.15. The first-order chi connectivity index (χ1) is 13.2. The highest BCUT2D eigenvalue weighted by molar-refractivity contribution is 5.76. The van der Waals surface area contributed by atoms with Gasteiger partial charge in [-0.25, -0.2) is 0 Å². The maximum absolute atomic E-state index is 12.8. The predicted octanol–water partition coefficient (Wildman–Crippen LogP) is 1.86. The van der Waals surface area contributed by atoms with E-state index in [1.165, 1.54) is 5.56 Å². The molecule has 1 aromatic rings. The van der Waals surface area contributed by atoms with Crippen LogP contribution in [0.15, 0.2) is 30.3 Å². The number of benzene rings is 1. The van der Waals surface area contributed by atoms with E-state index >= 15 is 0 Å². The maximum Gasteiger partial charge on any atom is 0.222 e. The molecule has 0 saturated carbocycles. The number of carbonyl (C=O) groups is 1. The smallest absolute Gasteiger partial charge is 0.222 e. The van der Waals surface area contributed by atoms with E-state index in [1.807, 2.05) is 18.2 Å². The monoisotopic (exact) mass is 373 g/mol. The summed E-state index contributed by atoms with van der Waals surface area (Å²) in [6.45, 7) is 6.47. The van der Waals surface area contributed by atoms with E-state index in [1.54, 1.807) is 0 Å². The van der Waals surface area contributed by atoms with E-state index in [-0.39, 0.29) is 12.5 Å². The summed E-state index contributed by atoms with van der Waals surface area (Å²) in [6, 6.07) is 10.8. The fourth-order valence-electron chi connectivity index (χ4n) is 4.57. The first-order valence-corrected chi connectivity index (χ1v) is 10.5. The number of rotatable bonds is 7. The number of aliphatic hydroxyl groups is 1. The number of aryl methyl sites for hydroxylation is 1. The molecular formula is C22H35N3O2. The second kappa shape index (κ2) is 10.2. The van der Waals surface area contributed by atoms with Crippen LogP contribution < -0.4 is 0 Å². The lowest BCUT2D eigenvalue weighted by Crippen LogP contribution is -2.57. The first-order valence-electron chi connectivity index (χ1n) is 10.5. The number of likely N-dealkylation sites (tertiary alicyclic amines) is 1. The number of piperidine rings is 1. The summed E-state index contributed by atoms with van der Waals surface area (Å²) in [7, 11) is 2.19. The molecule has 2 saturated heterocycles. The van der Waals surface area contributed by atoms with Gasteiger partial charge in [-0.05, 0) is 44.2 Å². The average Bonchev–Trinajstić information content (AvgIpc) is 2.71. The van der Waals surface area contributed by atoms with Crippen LogP contribution in [0, 0.1) is 5.92 Å². The third kappa shape index (κ3) is 5.77. The van der Waals surface area contributed by atoms with Gasteiger partial charge in [0.25, 0.3) is 0 Å². The van der Waals surface area contributed by atoms with Crippen molar-refractivity contribution in [2.24, 2.45) is 5.92 Å². The Labute approximate surface area is 163 Å². The van der Waals surface area contributed by atoms with E-state index < -0.39 is 0 Å². The van der Waals surface area contributed by atoms with Gasteiger partial charge >= 0.3 is 0 Å². The molecule has 0 aromatic heterocycles. The number of hydrogen-bond donors (Lipinski definition) is 1. The summed E-state index contributed by atoms with van der Waals surface area (Å²) in [5, 5.41) is 9.31. The van der Waals surface area contributed by atoms with Crippen molar-refractivity contribution in [1.29, 1.82) is 0 Å². The highest BCUT2D eigenvalue weighted by atomic mass is 16.3. The van der Waals surface area contributed by atoms with Gasteiger partial charge in [0.15, 0.2) is 0 Å². The minimum atomic E-state index is 0.244. The van der Waals surface area contributed by atoms with E-state index in [0.717, 1.165) is 65.0 Å². The number of hydrogen-bond acceptors (Lipinski definition) is 4. The van der Waals surface area contributed by atoms with Crippen molar-refractivity contribution in [2.75, 3.05) is 52.9 Å². The van der Waals surface area contributed by atoms with Gasteiger partial charge in [-0.3, -0.25) is 9.69 Å². The number of amides is 1. The molecule has 2 aliphatic heterocycles. The molecule has 0 bridgehead atoms. The van der Waals surface area contributed by atoms with Gasteiger partial charge in [-0.2, -0.15) is 0 Å². The minimum Gasteiger partial charge on any atom is -0.396 e. The van der Waals surface area contributed by atoms with Gasteiger partial charge in [0, 0.05) is 58.3 Å². The maximum atomic E-state index is 12.8. The molecule has 0 spiro atoms. The zero-order chi connectivity index (χ0) is 19.1. The van der Waals surface area contributed by atoms with Crippen LogP contribution in [0.3, 0.4) is 0 Å². The molecule has 1 amide bonds. The van der Waals surface area contributed by atoms with E-state index in [2.05, 4.69) is 33.9 Å². The minimum absolute atomic E-state index is 0.244. The average molecular weight is 374 g/mol. The molecule has 1 aromatic carbocycles. The van der Waals surface area contributed by atoms with Gasteiger partial charge in [0.05, 0.1) is 0 Å². The fourth-order valence-corrected chi connectivity index (χ4v) is 4.57. The molecule has 150 valence electrons. The highest BCUT2D eigenvalue weighted by Crippen LogP contribution is 2.27. The van der Waals surface area contributed by atoms with Crippen LogP contribution in [0.2, 0.25) is 0 Å². The molecule has 1 N–H and O–H groups in total. The Kier molecular flexibility index (Phi) is 7.68. The second-order valence-corrected chi connectivity index (χ2v) is 8.15. The van der Waals surface area contributed by atoms with Crippen molar-refractivity contribution in [1.82, 2.24) is 14.7 Å². The molecule has 3 rings (SSSR count). The Bertz CT molecular complexity index is 572. The molecule has 0 aliphatic carbocycles. The van der Waals surface area contributed by atoms with Crippen molar-refractivity contribution in [3.05, 3.63) is 35.9 Å². The zero-order valence-corrected chi connectivity index (χ0v) is 16.7. The number of piperazine rings is 1. The standard InChI is InChI=1S/C22H35N3O2/c1-23-13-15-24(16-14-23)21-11-12-25(18-20(21)8-5-17-26)22(27)10-9-19-6-3-2-4-7-19/h2-4,6-7,20-21,26H,5,8-18H2,1H3/t20-,21+/m0/s1. The molecular weight excluding hydrogens is 338 g/mol. The Balaban J connectivity index is 1.55. The van der Waals surface area contributed by atoms with Crippen molar-refractivity contribution < 1.29 is 9.90 Å². The zero-order valence-electron chi connectivity index (χ0n) is 16.7. The normalized spacial score (nSPS) is 24.9. The van der Waals surface area contributed by atoms with Gasteiger partial charge in [0.2, 0.25) is 5.91 Å². The van der Waals surface area contributed by atoms with Gasteiger partial charge in [0.1, 0.15) is 0 Å². The molecule has 27 heavy (non-hydrogen) atoms. The van der Waals surface area contributed by atoms with Crippen LogP contribution >= 0.6 is 0 Å². The van der Waals surface area contributed by atoms with Crippen molar-refractivity contribution in [3.63, 3.8) is 0 Å². The van der Waals surface area contributed by atoms with Crippen LogP contribution in [-0.4, -0.2) is 84.7 Å². The Morgan fingerprint density at radius 1 is 1.11 bits per heavy atom. The number of carbonyl (C=O) groups excluding carboxylic acids is 1. The summed E-state index contributed by atoms with van der Waals surface area (Å²) in [5.74, 6) is 0.764. The van der Waals surface area contributed by atoms with Crippen molar-refractivity contribution >= 4 is 5.91 Å². The van der Waals surface area contributed by atoms with E-state index in [4.69, 9.17) is 0 Å². The lowest BCUT2D eigenvalue weighted by molar-refractivity contribution is -0.134. The summed E-state index contributed by atoms with van der Waals surface area (Å²) in [6.07, 6.45) is 4.32. The number of aliphatic hydroxyl groups excluding tert-OH is 1. The quantitative estimate of drug-likeness (QED) is 0.793. The van der Waals surface area contributed by atoms with E-state index in [0.29, 0.717) is 18.4 Å². The molecule has 2 fully saturated rings. The predicted molar refractivity (Wildman–Crippen MR) is 109 cm³/mol. The van der Waals surface area contributed by atoms with Crippen molar-refractivity contribution in [3.8, 4) is 0 Å². The van der Waals surface area contributed by atoms with Crippen LogP contribution in [0.1, 0.15) is 31.2 Å². The topological polar surface area (TPSA) is 47.0 Å². The number of nitrogens with zero attached hydrogens (tertiary/aromatic N) is 3. The summed E-state index contributed by atoms with van der Waals surface area (Å²) < 4.78 is 0. The highest BCUT2D eigenvalue weighted by Gasteiger charge is 2.35. The Morgan fingerprint density at radius 2 is 1.85 bits per heavy atom. The molecule has 2 aliphatic rings.